The molecule has 0 radical (unpaired) electrons. The number of piperazine rings is 1. The molecule has 2 saturated heterocycles. The summed E-state index contributed by atoms with van der Waals surface area (Å²) < 4.78 is 0. The van der Waals surface area contributed by atoms with Crippen LogP contribution >= 0.6 is 0 Å². The van der Waals surface area contributed by atoms with E-state index in [1.807, 2.05) is 0 Å². The number of hydrogen-bond donors (Lipinski definition) is 0. The van der Waals surface area contributed by atoms with Crippen molar-refractivity contribution in [2.24, 2.45) is 10.8 Å². The Bertz CT molecular complexity index is 345. The predicted octanol–water partition coefficient (Wildman–Crippen LogP) is 3.16. The zero-order chi connectivity index (χ0) is 16.5. The number of likely N-dealkylation sites (tertiary alicyclic amines) is 1. The molecule has 0 spiro atoms. The fourth-order valence-electron chi connectivity index (χ4n) is 4.22. The van der Waals surface area contributed by atoms with Crippen molar-refractivity contribution in [3.8, 4) is 0 Å². The molecule has 0 aromatic rings. The van der Waals surface area contributed by atoms with Crippen molar-refractivity contribution in [3.05, 3.63) is 0 Å². The third-order valence-electron chi connectivity index (χ3n) is 5.14. The van der Waals surface area contributed by atoms with Gasteiger partial charge in [0.15, 0.2) is 0 Å². The molecule has 0 N–H and O–H groups in total. The summed E-state index contributed by atoms with van der Waals surface area (Å²) in [6, 6.07) is 1.56. The topological polar surface area (TPSA) is 9.72 Å². The summed E-state index contributed by atoms with van der Waals surface area (Å²) in [7, 11) is 2.33. The van der Waals surface area contributed by atoms with E-state index in [-0.39, 0.29) is 0 Å². The van der Waals surface area contributed by atoms with Crippen LogP contribution in [0.5, 0.6) is 0 Å². The van der Waals surface area contributed by atoms with Crippen molar-refractivity contribution >= 4 is 0 Å². The van der Waals surface area contributed by atoms with Crippen LogP contribution in [0.2, 0.25) is 0 Å². The van der Waals surface area contributed by atoms with Gasteiger partial charge in [-0.15, -0.1) is 0 Å². The summed E-state index contributed by atoms with van der Waals surface area (Å²) in [5.74, 6) is 0. The van der Waals surface area contributed by atoms with Gasteiger partial charge in [-0.3, -0.25) is 4.90 Å². The molecule has 0 unspecified atom stereocenters. The van der Waals surface area contributed by atoms with Gasteiger partial charge < -0.3 is 9.80 Å². The van der Waals surface area contributed by atoms with E-state index in [2.05, 4.69) is 63.3 Å². The van der Waals surface area contributed by atoms with E-state index in [0.717, 1.165) is 12.1 Å². The van der Waals surface area contributed by atoms with Gasteiger partial charge in [-0.2, -0.15) is 0 Å². The third-order valence-corrected chi connectivity index (χ3v) is 5.14. The van der Waals surface area contributed by atoms with Crippen LogP contribution in [-0.2, 0) is 0 Å². The van der Waals surface area contributed by atoms with E-state index in [1.54, 1.807) is 0 Å². The zero-order valence-corrected chi connectivity index (χ0v) is 16.2. The number of nitrogens with zero attached hydrogens (tertiary/aromatic N) is 3. The predicted molar refractivity (Wildman–Crippen MR) is 96.4 cm³/mol. The van der Waals surface area contributed by atoms with E-state index < -0.39 is 0 Å². The summed E-state index contributed by atoms with van der Waals surface area (Å²) in [5, 5.41) is 0. The van der Waals surface area contributed by atoms with Crippen LogP contribution in [0, 0.1) is 10.8 Å². The first-order valence-corrected chi connectivity index (χ1v) is 9.20. The molecule has 0 aromatic heterocycles. The standard InChI is InChI=1S/C19H39N3/c1-18(2,3)13-16-12-17(14-20(16)7)22-10-8-21(9-11-22)15-19(4,5)6/h16-17H,8-15H2,1-7H3/t16-,17-/m0/s1. The molecule has 22 heavy (non-hydrogen) atoms. The first-order valence-electron chi connectivity index (χ1n) is 9.20. The largest absolute Gasteiger partial charge is 0.302 e. The van der Waals surface area contributed by atoms with Gasteiger partial charge in [-0.25, -0.2) is 0 Å². The monoisotopic (exact) mass is 309 g/mol. The summed E-state index contributed by atoms with van der Waals surface area (Å²) in [4.78, 5) is 8.03. The van der Waals surface area contributed by atoms with E-state index in [9.17, 15) is 0 Å². The molecular weight excluding hydrogens is 270 g/mol. The highest BCUT2D eigenvalue weighted by Crippen LogP contribution is 2.31. The van der Waals surface area contributed by atoms with Gasteiger partial charge in [0, 0.05) is 51.4 Å². The van der Waals surface area contributed by atoms with Crippen LogP contribution in [-0.4, -0.2) is 73.1 Å². The lowest BCUT2D eigenvalue weighted by Gasteiger charge is -2.40. The van der Waals surface area contributed by atoms with Crippen molar-refractivity contribution in [1.82, 2.24) is 14.7 Å². The molecule has 0 bridgehead atoms. The summed E-state index contributed by atoms with van der Waals surface area (Å²) >= 11 is 0. The zero-order valence-electron chi connectivity index (χ0n) is 16.2. The average molecular weight is 310 g/mol. The molecule has 0 amide bonds. The lowest BCUT2D eigenvalue weighted by atomic mass is 9.87. The normalized spacial score (nSPS) is 30.1. The second kappa shape index (κ2) is 6.78. The van der Waals surface area contributed by atoms with E-state index in [0.29, 0.717) is 10.8 Å². The van der Waals surface area contributed by atoms with Gasteiger partial charge in [0.05, 0.1) is 0 Å². The van der Waals surface area contributed by atoms with E-state index >= 15 is 0 Å². The van der Waals surface area contributed by atoms with E-state index in [1.165, 1.54) is 52.1 Å². The fourth-order valence-corrected chi connectivity index (χ4v) is 4.22. The average Bonchev–Trinajstić information content (AvgIpc) is 2.67. The number of hydrogen-bond acceptors (Lipinski definition) is 3. The van der Waals surface area contributed by atoms with Crippen LogP contribution < -0.4 is 0 Å². The van der Waals surface area contributed by atoms with Crippen molar-refractivity contribution in [3.63, 3.8) is 0 Å². The summed E-state index contributed by atoms with van der Waals surface area (Å²) in [6.07, 6.45) is 2.69. The Balaban J connectivity index is 1.80. The quantitative estimate of drug-likeness (QED) is 0.793. The van der Waals surface area contributed by atoms with Crippen molar-refractivity contribution in [2.45, 2.75) is 66.5 Å². The third kappa shape index (κ3) is 5.50. The van der Waals surface area contributed by atoms with Crippen LogP contribution in [0.4, 0.5) is 0 Å². The second-order valence-electron chi connectivity index (χ2n) is 10.1. The number of rotatable bonds is 3. The highest BCUT2D eigenvalue weighted by Gasteiger charge is 2.36. The Hall–Kier alpha value is -0.120. The van der Waals surface area contributed by atoms with Crippen molar-refractivity contribution < 1.29 is 0 Å². The van der Waals surface area contributed by atoms with Crippen LogP contribution in [0.3, 0.4) is 0 Å². The Morgan fingerprint density at radius 3 is 1.95 bits per heavy atom. The van der Waals surface area contributed by atoms with Crippen molar-refractivity contribution in [1.29, 1.82) is 0 Å². The van der Waals surface area contributed by atoms with Gasteiger partial charge in [-0.05, 0) is 30.7 Å². The molecule has 2 fully saturated rings. The molecule has 2 heterocycles. The molecule has 2 rings (SSSR count). The van der Waals surface area contributed by atoms with Gasteiger partial charge >= 0.3 is 0 Å². The Morgan fingerprint density at radius 2 is 1.45 bits per heavy atom. The fraction of sp³-hybridized carbons (Fsp3) is 1.00. The summed E-state index contributed by atoms with van der Waals surface area (Å²) in [6.45, 7) is 21.7. The molecule has 130 valence electrons. The van der Waals surface area contributed by atoms with Crippen LogP contribution in [0.15, 0.2) is 0 Å². The Labute approximate surface area is 139 Å². The smallest absolute Gasteiger partial charge is 0.0239 e. The number of likely N-dealkylation sites (N-methyl/N-ethyl adjacent to an activating group) is 1. The molecule has 2 atom stereocenters. The maximum atomic E-state index is 2.76. The first kappa shape index (κ1) is 18.2. The minimum absolute atomic E-state index is 0.424. The summed E-state index contributed by atoms with van der Waals surface area (Å²) in [5.41, 5.74) is 0.868. The molecule has 3 heteroatoms. The minimum Gasteiger partial charge on any atom is -0.302 e. The van der Waals surface area contributed by atoms with Crippen LogP contribution in [0.25, 0.3) is 0 Å². The van der Waals surface area contributed by atoms with Gasteiger partial charge in [0.25, 0.3) is 0 Å². The molecule has 3 nitrogen and oxygen atoms in total. The minimum atomic E-state index is 0.424. The Kier molecular flexibility index (Phi) is 5.62. The van der Waals surface area contributed by atoms with Gasteiger partial charge in [0.1, 0.15) is 0 Å². The van der Waals surface area contributed by atoms with Crippen LogP contribution in [0.1, 0.15) is 54.4 Å². The molecule has 2 aliphatic heterocycles. The lowest BCUT2D eigenvalue weighted by Crippen LogP contribution is -2.52. The SMILES string of the molecule is CN1C[C@@H](N2CCN(CC(C)(C)C)CC2)C[C@H]1CC(C)(C)C. The lowest BCUT2D eigenvalue weighted by molar-refractivity contribution is 0.0777. The molecular formula is C19H39N3. The molecule has 0 saturated carbocycles. The molecule has 0 aliphatic carbocycles. The second-order valence-corrected chi connectivity index (χ2v) is 10.1. The molecule has 2 aliphatic rings. The highest BCUT2D eigenvalue weighted by atomic mass is 15.3. The maximum absolute atomic E-state index is 2.76. The first-order chi connectivity index (χ1) is 10.0. The highest BCUT2D eigenvalue weighted by molar-refractivity contribution is 4.92. The Morgan fingerprint density at radius 1 is 0.864 bits per heavy atom. The van der Waals surface area contributed by atoms with Crippen molar-refractivity contribution in [2.75, 3.05) is 46.3 Å². The van der Waals surface area contributed by atoms with Gasteiger partial charge in [-0.1, -0.05) is 41.5 Å². The maximum Gasteiger partial charge on any atom is 0.0239 e. The van der Waals surface area contributed by atoms with Gasteiger partial charge in [0.2, 0.25) is 0 Å². The molecule has 0 aromatic carbocycles. The van der Waals surface area contributed by atoms with E-state index in [4.69, 9.17) is 0 Å².